The Bertz CT molecular complexity index is 1830. The van der Waals surface area contributed by atoms with E-state index < -0.39 is 5.41 Å². The minimum absolute atomic E-state index is 0.0576. The van der Waals surface area contributed by atoms with Gasteiger partial charge in [0.05, 0.1) is 17.1 Å². The normalized spacial score (nSPS) is 14.1. The van der Waals surface area contributed by atoms with Crippen LogP contribution in [0.5, 0.6) is 0 Å². The second kappa shape index (κ2) is 9.92. The van der Waals surface area contributed by atoms with Crippen molar-refractivity contribution in [2.75, 3.05) is 0 Å². The van der Waals surface area contributed by atoms with Crippen LogP contribution in [-0.4, -0.2) is 36.0 Å². The van der Waals surface area contributed by atoms with Crippen LogP contribution in [0.25, 0.3) is 50.2 Å². The molecule has 5 aromatic heterocycles. The van der Waals surface area contributed by atoms with Gasteiger partial charge in [0.15, 0.2) is 5.65 Å². The number of fused-ring (bicyclic) bond motifs is 2. The molecule has 0 saturated heterocycles. The number of nitrogens with zero attached hydrogens (tertiary/aromatic N) is 4. The maximum absolute atomic E-state index is 12.7. The summed E-state index contributed by atoms with van der Waals surface area (Å²) in [6.45, 7) is 5.67. The average molecular weight is 531 g/mol. The van der Waals surface area contributed by atoms with Gasteiger partial charge in [-0.3, -0.25) is 19.9 Å². The highest BCUT2D eigenvalue weighted by Crippen LogP contribution is 2.34. The molecule has 200 valence electrons. The van der Waals surface area contributed by atoms with E-state index in [4.69, 9.17) is 5.73 Å². The molecule has 0 aromatic carbocycles. The number of nitrogens with two attached hydrogens (primary N) is 1. The lowest BCUT2D eigenvalue weighted by Crippen LogP contribution is -2.33. The molecule has 1 aliphatic rings. The summed E-state index contributed by atoms with van der Waals surface area (Å²) in [6.07, 6.45) is 14.6. The van der Waals surface area contributed by atoms with E-state index in [-0.39, 0.29) is 5.91 Å². The fraction of sp³-hybridized carbons (Fsp3) is 0.194. The van der Waals surface area contributed by atoms with E-state index in [0.717, 1.165) is 62.9 Å². The summed E-state index contributed by atoms with van der Waals surface area (Å²) in [5.41, 5.74) is 14.2. The fourth-order valence-electron chi connectivity index (χ4n) is 4.46. The number of hydrogen-bond acceptors (Lipinski definition) is 6. The van der Waals surface area contributed by atoms with Gasteiger partial charge in [-0.2, -0.15) is 5.10 Å². The predicted octanol–water partition coefficient (Wildman–Crippen LogP) is 5.63. The molecule has 5 heterocycles. The number of rotatable bonds is 6. The molecule has 9 nitrogen and oxygen atoms in total. The van der Waals surface area contributed by atoms with Crippen LogP contribution in [0.15, 0.2) is 84.7 Å². The van der Waals surface area contributed by atoms with Crippen LogP contribution in [0.1, 0.15) is 39.2 Å². The minimum atomic E-state index is -0.522. The van der Waals surface area contributed by atoms with E-state index >= 15 is 0 Å². The van der Waals surface area contributed by atoms with Gasteiger partial charge in [-0.1, -0.05) is 26.3 Å². The molecule has 0 atom stereocenters. The van der Waals surface area contributed by atoms with E-state index in [1.807, 2.05) is 57.2 Å². The molecule has 40 heavy (non-hydrogen) atoms. The summed E-state index contributed by atoms with van der Waals surface area (Å²) in [7, 11) is 0. The molecule has 1 aliphatic carbocycles. The number of aromatic nitrogens is 6. The van der Waals surface area contributed by atoms with Crippen LogP contribution in [-0.2, 0) is 4.79 Å². The number of aromatic amines is 2. The molecule has 0 aliphatic heterocycles. The first-order valence-electron chi connectivity index (χ1n) is 13.2. The first kappa shape index (κ1) is 25.2. The molecule has 1 amide bonds. The lowest BCUT2D eigenvalue weighted by atomic mass is 9.95. The molecular formula is C31H30N8O. The largest absolute Gasteiger partial charge is 0.404 e. The van der Waals surface area contributed by atoms with Gasteiger partial charge in [-0.05, 0) is 55.3 Å². The Morgan fingerprint density at radius 3 is 2.58 bits per heavy atom. The number of carbonyl (C=O) groups excluding carboxylic acids is 1. The third-order valence-electron chi connectivity index (χ3n) is 6.84. The van der Waals surface area contributed by atoms with Crippen molar-refractivity contribution in [3.8, 4) is 22.6 Å². The summed E-state index contributed by atoms with van der Waals surface area (Å²) in [5.74, 6) is -0.0576. The Hall–Kier alpha value is -5.05. The van der Waals surface area contributed by atoms with Crippen molar-refractivity contribution in [1.82, 2.24) is 35.5 Å². The van der Waals surface area contributed by atoms with Crippen LogP contribution in [0.2, 0.25) is 0 Å². The molecule has 1 saturated carbocycles. The number of hydrogen-bond donors (Lipinski definition) is 4. The van der Waals surface area contributed by atoms with E-state index in [9.17, 15) is 4.79 Å². The Labute approximate surface area is 231 Å². The first-order valence-corrected chi connectivity index (χ1v) is 13.2. The van der Waals surface area contributed by atoms with Gasteiger partial charge >= 0.3 is 0 Å². The van der Waals surface area contributed by atoms with Crippen LogP contribution in [0, 0.1) is 5.41 Å². The maximum atomic E-state index is 12.7. The van der Waals surface area contributed by atoms with E-state index in [0.29, 0.717) is 11.3 Å². The van der Waals surface area contributed by atoms with Crippen LogP contribution >= 0.6 is 0 Å². The van der Waals surface area contributed by atoms with E-state index in [2.05, 4.69) is 41.5 Å². The van der Waals surface area contributed by atoms with Gasteiger partial charge in [0.1, 0.15) is 0 Å². The van der Waals surface area contributed by atoms with Crippen molar-refractivity contribution in [3.05, 3.63) is 90.3 Å². The van der Waals surface area contributed by atoms with Crippen molar-refractivity contribution in [2.45, 2.75) is 33.6 Å². The quantitative estimate of drug-likeness (QED) is 0.210. The number of allylic oxidation sites excluding steroid dienone is 4. The van der Waals surface area contributed by atoms with Gasteiger partial charge in [-0.15, -0.1) is 0 Å². The van der Waals surface area contributed by atoms with Crippen molar-refractivity contribution in [2.24, 2.45) is 11.1 Å². The van der Waals surface area contributed by atoms with Gasteiger partial charge in [0, 0.05) is 75.1 Å². The molecule has 5 N–H and O–H groups in total. The van der Waals surface area contributed by atoms with Gasteiger partial charge < -0.3 is 16.0 Å². The number of amides is 1. The van der Waals surface area contributed by atoms with Crippen molar-refractivity contribution in [1.29, 1.82) is 0 Å². The Morgan fingerprint density at radius 1 is 1.05 bits per heavy atom. The molecule has 0 unspecified atom stereocenters. The van der Waals surface area contributed by atoms with Gasteiger partial charge in [0.2, 0.25) is 5.91 Å². The number of carbonyl (C=O) groups is 1. The maximum Gasteiger partial charge on any atom is 0.229 e. The molecule has 6 rings (SSSR count). The van der Waals surface area contributed by atoms with Crippen molar-refractivity contribution < 1.29 is 4.79 Å². The van der Waals surface area contributed by atoms with Gasteiger partial charge in [-0.25, -0.2) is 4.98 Å². The van der Waals surface area contributed by atoms with Gasteiger partial charge in [0.25, 0.3) is 0 Å². The second-order valence-corrected chi connectivity index (χ2v) is 11.0. The summed E-state index contributed by atoms with van der Waals surface area (Å²) >= 11 is 0. The zero-order valence-electron chi connectivity index (χ0n) is 22.6. The Kier molecular flexibility index (Phi) is 6.26. The van der Waals surface area contributed by atoms with Crippen molar-refractivity contribution >= 4 is 33.4 Å². The molecular weight excluding hydrogens is 500 g/mol. The Morgan fingerprint density at radius 2 is 1.85 bits per heavy atom. The third-order valence-corrected chi connectivity index (χ3v) is 6.84. The molecule has 5 aromatic rings. The molecule has 0 spiro atoms. The minimum Gasteiger partial charge on any atom is -0.404 e. The lowest BCUT2D eigenvalue weighted by molar-refractivity contribution is -0.127. The second-order valence-electron chi connectivity index (χ2n) is 11.0. The third kappa shape index (κ3) is 5.01. The summed E-state index contributed by atoms with van der Waals surface area (Å²) in [4.78, 5) is 29.6. The standard InChI is InChI=1S/C31H30N8O/c1-31(2,3)30(40)36-22(12-18-4-5-18)13-20(16-32)21-14-24-28(38-39-29(24)35-17-21)26-15-23-25(37-26)8-11-34-27(23)19-6-9-33-10-7-19/h6-17,37H,4-5,32H2,1-3H3,(H,36,40)(H,35,38,39)/b20-16+,22-13+. The summed E-state index contributed by atoms with van der Waals surface area (Å²) in [6, 6.07) is 9.92. The zero-order chi connectivity index (χ0) is 27.9. The topological polar surface area (TPSA) is 138 Å². The first-order chi connectivity index (χ1) is 19.3. The number of nitrogens with one attached hydrogen (secondary N) is 3. The van der Waals surface area contributed by atoms with E-state index in [1.54, 1.807) is 24.8 Å². The fourth-order valence-corrected chi connectivity index (χ4v) is 4.46. The lowest BCUT2D eigenvalue weighted by Gasteiger charge is -2.18. The average Bonchev–Trinajstić information content (AvgIpc) is 3.49. The predicted molar refractivity (Wildman–Crippen MR) is 157 cm³/mol. The highest BCUT2D eigenvalue weighted by atomic mass is 16.2. The summed E-state index contributed by atoms with van der Waals surface area (Å²) in [5, 5.41) is 12.5. The number of H-pyrrole nitrogens is 2. The van der Waals surface area contributed by atoms with Crippen molar-refractivity contribution in [3.63, 3.8) is 0 Å². The number of pyridine rings is 3. The van der Waals surface area contributed by atoms with Crippen LogP contribution in [0.3, 0.4) is 0 Å². The highest BCUT2D eigenvalue weighted by Gasteiger charge is 2.23. The zero-order valence-corrected chi connectivity index (χ0v) is 22.6. The molecule has 1 fully saturated rings. The highest BCUT2D eigenvalue weighted by molar-refractivity contribution is 6.00. The van der Waals surface area contributed by atoms with Crippen LogP contribution < -0.4 is 11.1 Å². The molecule has 0 radical (unpaired) electrons. The van der Waals surface area contributed by atoms with Crippen LogP contribution in [0.4, 0.5) is 0 Å². The Balaban J connectivity index is 1.39. The molecule has 9 heteroatoms. The summed E-state index contributed by atoms with van der Waals surface area (Å²) < 4.78 is 0. The smallest absolute Gasteiger partial charge is 0.229 e. The molecule has 0 bridgehead atoms. The monoisotopic (exact) mass is 530 g/mol. The van der Waals surface area contributed by atoms with E-state index in [1.165, 1.54) is 11.8 Å². The SMILES string of the molecule is CC(C)(C)C(=O)N/C(C=C1CC1)=C/C(=C\N)c1cnc2n[nH]c(-c3cc4c(-c5ccncc5)nccc4[nH]3)c2c1.